The fourth-order valence-corrected chi connectivity index (χ4v) is 3.60. The van der Waals surface area contributed by atoms with Crippen molar-refractivity contribution in [3.63, 3.8) is 0 Å². The molecule has 0 N–H and O–H groups in total. The molecule has 1 saturated heterocycles. The molecule has 2 aliphatic heterocycles. The van der Waals surface area contributed by atoms with Gasteiger partial charge < -0.3 is 9.64 Å². The highest BCUT2D eigenvalue weighted by Crippen LogP contribution is 2.33. The predicted molar refractivity (Wildman–Crippen MR) is 90.4 cm³/mol. The van der Waals surface area contributed by atoms with E-state index in [9.17, 15) is 4.79 Å². The van der Waals surface area contributed by atoms with Crippen molar-refractivity contribution >= 4 is 16.9 Å². The van der Waals surface area contributed by atoms with Gasteiger partial charge in [-0.1, -0.05) is 23.8 Å². The number of carbonyl (C=O) groups excluding carboxylic acids is 1. The van der Waals surface area contributed by atoms with Gasteiger partial charge in [0, 0.05) is 13.1 Å². The Labute approximate surface area is 141 Å². The summed E-state index contributed by atoms with van der Waals surface area (Å²) in [7, 11) is 0. The third-order valence-corrected chi connectivity index (χ3v) is 4.96. The Morgan fingerprint density at radius 1 is 1.21 bits per heavy atom. The van der Waals surface area contributed by atoms with Crippen molar-refractivity contribution in [2.45, 2.75) is 38.3 Å². The summed E-state index contributed by atoms with van der Waals surface area (Å²) in [5.41, 5.74) is 2.88. The number of carbonyl (C=O) groups is 1. The quantitative estimate of drug-likeness (QED) is 0.794. The van der Waals surface area contributed by atoms with Gasteiger partial charge >= 0.3 is 0 Å². The minimum Gasteiger partial charge on any atom is -0.370 e. The molecular formula is C18H22N4O2. The van der Waals surface area contributed by atoms with Gasteiger partial charge in [-0.3, -0.25) is 4.79 Å². The third-order valence-electron chi connectivity index (χ3n) is 4.96. The van der Waals surface area contributed by atoms with E-state index in [1.807, 2.05) is 29.2 Å². The summed E-state index contributed by atoms with van der Waals surface area (Å²) in [6.07, 6.45) is 5.01. The summed E-state index contributed by atoms with van der Waals surface area (Å²) in [6, 6.07) is 7.66. The molecule has 0 radical (unpaired) electrons. The second kappa shape index (κ2) is 6.02. The molecule has 6 nitrogen and oxygen atoms in total. The van der Waals surface area contributed by atoms with Crippen LogP contribution in [0, 0.1) is 0 Å². The first-order valence-corrected chi connectivity index (χ1v) is 8.54. The van der Waals surface area contributed by atoms with Crippen LogP contribution in [0.5, 0.6) is 0 Å². The molecule has 3 heterocycles. The largest absolute Gasteiger partial charge is 0.370 e. The lowest BCUT2D eigenvalue weighted by molar-refractivity contribution is -0.137. The maximum absolute atomic E-state index is 12.5. The van der Waals surface area contributed by atoms with E-state index in [1.54, 1.807) is 0 Å². The number of rotatable bonds is 2. The topological polar surface area (TPSA) is 60.2 Å². The number of ether oxygens (including phenoxy) is 1. The van der Waals surface area contributed by atoms with Gasteiger partial charge in [-0.15, -0.1) is 0 Å². The first kappa shape index (κ1) is 15.3. The molecule has 0 aliphatic carbocycles. The Balaban J connectivity index is 1.40. The van der Waals surface area contributed by atoms with Crippen LogP contribution in [-0.4, -0.2) is 51.1 Å². The van der Waals surface area contributed by atoms with E-state index in [0.717, 1.165) is 50.0 Å². The molecule has 4 rings (SSSR count). The molecule has 1 aromatic heterocycles. The number of fused-ring (bicyclic) bond motifs is 1. The van der Waals surface area contributed by atoms with E-state index in [1.165, 1.54) is 10.4 Å². The lowest BCUT2D eigenvalue weighted by Crippen LogP contribution is -2.49. The maximum Gasteiger partial charge on any atom is 0.246 e. The predicted octanol–water partition coefficient (Wildman–Crippen LogP) is 2.16. The number of nitrogens with zero attached hydrogens (tertiary/aromatic N) is 4. The molecule has 6 heteroatoms. The molecule has 1 aromatic carbocycles. The lowest BCUT2D eigenvalue weighted by atomic mass is 9.87. The second-order valence-electron chi connectivity index (χ2n) is 6.75. The average molecular weight is 326 g/mol. The van der Waals surface area contributed by atoms with Crippen LogP contribution >= 0.6 is 0 Å². The molecule has 1 amide bonds. The summed E-state index contributed by atoms with van der Waals surface area (Å²) in [5.74, 6) is 0.0710. The van der Waals surface area contributed by atoms with Crippen LogP contribution in [0.15, 0.2) is 35.9 Å². The van der Waals surface area contributed by atoms with Crippen molar-refractivity contribution in [3.8, 4) is 0 Å². The summed E-state index contributed by atoms with van der Waals surface area (Å²) >= 11 is 0. The van der Waals surface area contributed by atoms with E-state index in [0.29, 0.717) is 0 Å². The SMILES string of the molecule is CC1=CC2(CCN(C(=O)Cn3nc4ccccc4n3)CC2)OCC1. The van der Waals surface area contributed by atoms with Gasteiger partial charge in [0.2, 0.25) is 5.91 Å². The molecule has 0 bridgehead atoms. The molecular weight excluding hydrogens is 304 g/mol. The zero-order valence-corrected chi connectivity index (χ0v) is 13.9. The highest BCUT2D eigenvalue weighted by atomic mass is 16.5. The first-order valence-electron chi connectivity index (χ1n) is 8.54. The van der Waals surface area contributed by atoms with Crippen LogP contribution in [0.2, 0.25) is 0 Å². The number of likely N-dealkylation sites (tertiary alicyclic amines) is 1. The maximum atomic E-state index is 12.5. The van der Waals surface area contributed by atoms with Crippen molar-refractivity contribution in [1.82, 2.24) is 19.9 Å². The van der Waals surface area contributed by atoms with E-state index in [4.69, 9.17) is 4.74 Å². The van der Waals surface area contributed by atoms with Crippen molar-refractivity contribution in [2.75, 3.05) is 19.7 Å². The Kier molecular flexibility index (Phi) is 3.84. The fourth-order valence-electron chi connectivity index (χ4n) is 3.60. The van der Waals surface area contributed by atoms with E-state index in [-0.39, 0.29) is 18.1 Å². The highest BCUT2D eigenvalue weighted by Gasteiger charge is 2.36. The minimum absolute atomic E-state index is 0.0710. The lowest BCUT2D eigenvalue weighted by Gasteiger charge is -2.42. The molecule has 24 heavy (non-hydrogen) atoms. The molecule has 2 aromatic rings. The average Bonchev–Trinajstić information content (AvgIpc) is 2.97. The van der Waals surface area contributed by atoms with Crippen LogP contribution < -0.4 is 0 Å². The zero-order chi connectivity index (χ0) is 16.6. The van der Waals surface area contributed by atoms with Crippen molar-refractivity contribution < 1.29 is 9.53 Å². The Bertz CT molecular complexity index is 754. The Morgan fingerprint density at radius 3 is 2.50 bits per heavy atom. The van der Waals surface area contributed by atoms with Gasteiger partial charge in [-0.25, -0.2) is 0 Å². The van der Waals surface area contributed by atoms with E-state index >= 15 is 0 Å². The number of aromatic nitrogens is 3. The number of amides is 1. The molecule has 0 atom stereocenters. The molecule has 1 fully saturated rings. The summed E-state index contributed by atoms with van der Waals surface area (Å²) < 4.78 is 6.02. The number of hydrogen-bond acceptors (Lipinski definition) is 4. The van der Waals surface area contributed by atoms with Crippen LogP contribution in [0.1, 0.15) is 26.2 Å². The van der Waals surface area contributed by atoms with E-state index < -0.39 is 0 Å². The molecule has 2 aliphatic rings. The summed E-state index contributed by atoms with van der Waals surface area (Å²) in [6.45, 7) is 4.60. The molecule has 1 spiro atoms. The fraction of sp³-hybridized carbons (Fsp3) is 0.500. The standard InChI is InChI=1S/C18H22N4O2/c1-14-6-11-24-18(12-14)7-9-21(10-8-18)17(23)13-22-19-15-4-2-3-5-16(15)20-22/h2-5,12H,6-11,13H2,1H3. The van der Waals surface area contributed by atoms with Crippen LogP contribution in [0.4, 0.5) is 0 Å². The smallest absolute Gasteiger partial charge is 0.246 e. The highest BCUT2D eigenvalue weighted by molar-refractivity contribution is 5.77. The molecule has 126 valence electrons. The van der Waals surface area contributed by atoms with Gasteiger partial charge in [-0.05, 0) is 38.3 Å². The van der Waals surface area contributed by atoms with Crippen molar-refractivity contribution in [2.24, 2.45) is 0 Å². The first-order chi connectivity index (χ1) is 11.6. The molecule has 0 saturated carbocycles. The van der Waals surface area contributed by atoms with Gasteiger partial charge in [0.1, 0.15) is 17.6 Å². The van der Waals surface area contributed by atoms with Gasteiger partial charge in [0.25, 0.3) is 0 Å². The summed E-state index contributed by atoms with van der Waals surface area (Å²) in [5, 5.41) is 8.73. The van der Waals surface area contributed by atoms with E-state index in [2.05, 4.69) is 23.2 Å². The number of benzene rings is 1. The third kappa shape index (κ3) is 2.94. The van der Waals surface area contributed by atoms with Crippen LogP contribution in [-0.2, 0) is 16.1 Å². The van der Waals surface area contributed by atoms with Crippen LogP contribution in [0.3, 0.4) is 0 Å². The second-order valence-corrected chi connectivity index (χ2v) is 6.75. The number of hydrogen-bond donors (Lipinski definition) is 0. The Hall–Kier alpha value is -2.21. The zero-order valence-electron chi connectivity index (χ0n) is 13.9. The molecule has 0 unspecified atom stereocenters. The van der Waals surface area contributed by atoms with Gasteiger partial charge in [-0.2, -0.15) is 15.0 Å². The van der Waals surface area contributed by atoms with Crippen molar-refractivity contribution in [3.05, 3.63) is 35.9 Å². The normalized spacial score (nSPS) is 20.4. The minimum atomic E-state index is -0.155. The van der Waals surface area contributed by atoms with Crippen molar-refractivity contribution in [1.29, 1.82) is 0 Å². The number of piperidine rings is 1. The Morgan fingerprint density at radius 2 is 1.88 bits per heavy atom. The van der Waals surface area contributed by atoms with Crippen LogP contribution in [0.25, 0.3) is 11.0 Å². The van der Waals surface area contributed by atoms with Gasteiger partial charge in [0.05, 0.1) is 12.2 Å². The monoisotopic (exact) mass is 326 g/mol. The summed E-state index contributed by atoms with van der Waals surface area (Å²) in [4.78, 5) is 16.0. The van der Waals surface area contributed by atoms with Gasteiger partial charge in [0.15, 0.2) is 0 Å².